The quantitative estimate of drug-likeness (QED) is 0.483. The van der Waals surface area contributed by atoms with Crippen LogP contribution in [0.5, 0.6) is 0 Å². The molecule has 0 saturated carbocycles. The summed E-state index contributed by atoms with van der Waals surface area (Å²) in [6.07, 6.45) is 3.51. The van der Waals surface area contributed by atoms with Crippen molar-refractivity contribution >= 4 is 23.9 Å². The third-order valence-corrected chi connectivity index (χ3v) is 2.66. The Bertz CT molecular complexity index is 463. The van der Waals surface area contributed by atoms with Gasteiger partial charge in [0, 0.05) is 11.8 Å². The molecule has 0 aromatic rings. The zero-order valence-electron chi connectivity index (χ0n) is 7.78. The smallest absolute Gasteiger partial charge is 0.256 e. The molecule has 3 heterocycles. The molecule has 0 aromatic heterocycles. The van der Waals surface area contributed by atoms with Gasteiger partial charge in [0.25, 0.3) is 5.91 Å². The molecule has 1 atom stereocenters. The molecule has 15 heavy (non-hydrogen) atoms. The Kier molecular flexibility index (Phi) is 1.41. The minimum atomic E-state index is -0.929. The molecular formula is C9H8N4O2. The van der Waals surface area contributed by atoms with Gasteiger partial charge in [-0.2, -0.15) is 0 Å². The van der Waals surface area contributed by atoms with E-state index in [-0.39, 0.29) is 18.2 Å². The van der Waals surface area contributed by atoms with Crippen molar-refractivity contribution in [1.82, 2.24) is 10.6 Å². The van der Waals surface area contributed by atoms with Gasteiger partial charge in [-0.05, 0) is 6.08 Å². The lowest BCUT2D eigenvalue weighted by atomic mass is 9.99. The van der Waals surface area contributed by atoms with Crippen LogP contribution in [-0.2, 0) is 9.59 Å². The van der Waals surface area contributed by atoms with Crippen LogP contribution in [0.2, 0.25) is 0 Å². The molecule has 3 aliphatic heterocycles. The number of nitrogens with one attached hydrogen (secondary N) is 2. The molecular weight excluding hydrogens is 196 g/mol. The van der Waals surface area contributed by atoms with E-state index in [2.05, 4.69) is 20.6 Å². The molecule has 6 heteroatoms. The fourth-order valence-electron chi connectivity index (χ4n) is 1.97. The Morgan fingerprint density at radius 1 is 1.40 bits per heavy atom. The molecule has 2 N–H and O–H groups in total. The van der Waals surface area contributed by atoms with Gasteiger partial charge in [0.05, 0.1) is 6.42 Å². The van der Waals surface area contributed by atoms with Crippen LogP contribution in [0.3, 0.4) is 0 Å². The van der Waals surface area contributed by atoms with Crippen molar-refractivity contribution in [1.29, 1.82) is 0 Å². The summed E-state index contributed by atoms with van der Waals surface area (Å²) in [6, 6.07) is 0. The van der Waals surface area contributed by atoms with Crippen molar-refractivity contribution in [3.63, 3.8) is 0 Å². The average Bonchev–Trinajstić information content (AvgIpc) is 2.67. The van der Waals surface area contributed by atoms with Gasteiger partial charge in [-0.1, -0.05) is 0 Å². The fourth-order valence-corrected chi connectivity index (χ4v) is 1.97. The number of fused-ring (bicyclic) bond motifs is 1. The van der Waals surface area contributed by atoms with E-state index in [4.69, 9.17) is 0 Å². The predicted octanol–water partition coefficient (Wildman–Crippen LogP) is -1.26. The molecule has 2 amide bonds. The zero-order valence-corrected chi connectivity index (χ0v) is 7.78. The zero-order chi connectivity index (χ0) is 10.5. The van der Waals surface area contributed by atoms with E-state index in [1.165, 1.54) is 0 Å². The summed E-state index contributed by atoms with van der Waals surface area (Å²) in [4.78, 5) is 30.9. The minimum absolute atomic E-state index is 0.127. The van der Waals surface area contributed by atoms with E-state index in [1.807, 2.05) is 0 Å². The third kappa shape index (κ3) is 1.04. The first-order valence-corrected chi connectivity index (χ1v) is 4.60. The van der Waals surface area contributed by atoms with Crippen molar-refractivity contribution in [3.05, 3.63) is 11.6 Å². The molecule has 0 radical (unpaired) electrons. The van der Waals surface area contributed by atoms with Crippen LogP contribution in [0.1, 0.15) is 6.42 Å². The van der Waals surface area contributed by atoms with Gasteiger partial charge in [0.15, 0.2) is 0 Å². The van der Waals surface area contributed by atoms with Crippen LogP contribution in [0, 0.1) is 0 Å². The number of carbonyl (C=O) groups excluding carboxylic acids is 2. The van der Waals surface area contributed by atoms with Gasteiger partial charge in [-0.15, -0.1) is 0 Å². The van der Waals surface area contributed by atoms with Gasteiger partial charge >= 0.3 is 0 Å². The minimum Gasteiger partial charge on any atom is -0.352 e. The first kappa shape index (κ1) is 8.34. The largest absolute Gasteiger partial charge is 0.352 e. The first-order chi connectivity index (χ1) is 7.20. The molecule has 6 nitrogen and oxygen atoms in total. The summed E-state index contributed by atoms with van der Waals surface area (Å²) in [7, 11) is 0. The summed E-state index contributed by atoms with van der Waals surface area (Å²) in [5.41, 5.74) is -0.146. The number of hydrogen-bond acceptors (Lipinski definition) is 5. The Hall–Kier alpha value is -1.98. The summed E-state index contributed by atoms with van der Waals surface area (Å²) < 4.78 is 0. The second-order valence-corrected chi connectivity index (χ2v) is 3.71. The molecule has 0 aliphatic carbocycles. The van der Waals surface area contributed by atoms with Crippen molar-refractivity contribution in [2.45, 2.75) is 12.0 Å². The summed E-state index contributed by atoms with van der Waals surface area (Å²) >= 11 is 0. The number of aliphatic imine (C=N–C) groups is 2. The van der Waals surface area contributed by atoms with Crippen LogP contribution >= 0.6 is 0 Å². The standard InChI is InChI=1S/C9H8N4O2/c14-6-2-9(8(15)12-6)1-5-3-10-4-11-7(5)13-9/h1,3H,2,4H2,(H,11,13)(H,12,14,15). The molecule has 3 rings (SSSR count). The number of nitrogens with zero attached hydrogens (tertiary/aromatic N) is 2. The monoisotopic (exact) mass is 204 g/mol. The highest BCUT2D eigenvalue weighted by Crippen LogP contribution is 2.26. The van der Waals surface area contributed by atoms with E-state index < -0.39 is 5.54 Å². The highest BCUT2D eigenvalue weighted by atomic mass is 16.2. The lowest BCUT2D eigenvalue weighted by molar-refractivity contribution is -0.125. The number of amidine groups is 1. The van der Waals surface area contributed by atoms with Crippen molar-refractivity contribution in [2.24, 2.45) is 9.98 Å². The van der Waals surface area contributed by atoms with Gasteiger partial charge in [0.2, 0.25) is 5.91 Å². The maximum Gasteiger partial charge on any atom is 0.256 e. The van der Waals surface area contributed by atoms with Crippen LogP contribution < -0.4 is 10.6 Å². The molecule has 0 bridgehead atoms. The molecule has 76 valence electrons. The normalized spacial score (nSPS) is 32.3. The van der Waals surface area contributed by atoms with E-state index in [0.29, 0.717) is 12.5 Å². The van der Waals surface area contributed by atoms with E-state index in [0.717, 1.165) is 5.57 Å². The Labute approximate surface area is 85.2 Å². The number of carbonyl (C=O) groups is 2. The molecule has 1 saturated heterocycles. The summed E-state index contributed by atoms with van der Waals surface area (Å²) in [5, 5.41) is 5.26. The van der Waals surface area contributed by atoms with Gasteiger partial charge in [-0.3, -0.25) is 19.9 Å². The molecule has 1 spiro atoms. The van der Waals surface area contributed by atoms with Crippen molar-refractivity contribution in [2.75, 3.05) is 6.67 Å². The molecule has 1 fully saturated rings. The highest BCUT2D eigenvalue weighted by molar-refractivity contribution is 6.23. The van der Waals surface area contributed by atoms with E-state index in [1.54, 1.807) is 12.3 Å². The summed E-state index contributed by atoms with van der Waals surface area (Å²) in [6.45, 7) is 0.366. The summed E-state index contributed by atoms with van der Waals surface area (Å²) in [5.74, 6) is 0.0703. The van der Waals surface area contributed by atoms with Gasteiger partial charge in [0.1, 0.15) is 18.0 Å². The maximum atomic E-state index is 11.6. The number of rotatable bonds is 0. The van der Waals surface area contributed by atoms with E-state index >= 15 is 0 Å². The Morgan fingerprint density at radius 2 is 2.27 bits per heavy atom. The molecule has 1 unspecified atom stereocenters. The third-order valence-electron chi connectivity index (χ3n) is 2.66. The topological polar surface area (TPSA) is 82.9 Å². The maximum absolute atomic E-state index is 11.6. The number of amides is 2. The highest BCUT2D eigenvalue weighted by Gasteiger charge is 2.49. The second-order valence-electron chi connectivity index (χ2n) is 3.71. The number of hydrogen-bond donors (Lipinski definition) is 2. The SMILES string of the molecule is O=C1CC2(C=C3C=NCN=C3N2)C(=O)N1. The van der Waals surface area contributed by atoms with Gasteiger partial charge in [-0.25, -0.2) is 4.99 Å². The second kappa shape index (κ2) is 2.53. The molecule has 3 aliphatic rings. The predicted molar refractivity (Wildman–Crippen MR) is 52.5 cm³/mol. The van der Waals surface area contributed by atoms with Crippen LogP contribution in [0.25, 0.3) is 0 Å². The van der Waals surface area contributed by atoms with Crippen LogP contribution in [0.4, 0.5) is 0 Å². The lowest BCUT2D eigenvalue weighted by Gasteiger charge is -2.17. The van der Waals surface area contributed by atoms with Crippen LogP contribution in [0.15, 0.2) is 21.6 Å². The van der Waals surface area contributed by atoms with Crippen molar-refractivity contribution < 1.29 is 9.59 Å². The van der Waals surface area contributed by atoms with Crippen LogP contribution in [-0.4, -0.2) is 36.1 Å². The van der Waals surface area contributed by atoms with Gasteiger partial charge < -0.3 is 5.32 Å². The lowest BCUT2D eigenvalue weighted by Crippen LogP contribution is -2.48. The number of imide groups is 1. The van der Waals surface area contributed by atoms with Crippen molar-refractivity contribution in [3.8, 4) is 0 Å². The first-order valence-electron chi connectivity index (χ1n) is 4.60. The van der Waals surface area contributed by atoms with E-state index in [9.17, 15) is 9.59 Å². The fraction of sp³-hybridized carbons (Fsp3) is 0.333. The average molecular weight is 204 g/mol. The Balaban J connectivity index is 2.04. The molecule has 0 aromatic carbocycles. The Morgan fingerprint density at radius 3 is 2.93 bits per heavy atom.